The van der Waals surface area contributed by atoms with Crippen LogP contribution >= 0.6 is 0 Å². The fraction of sp³-hybridized carbons (Fsp3) is 0.800. The number of sulfone groups is 1. The van der Waals surface area contributed by atoms with Gasteiger partial charge >= 0.3 is 0 Å². The molecule has 1 rings (SSSR count). The minimum Gasteiger partial charge on any atom is -0.375 e. The van der Waals surface area contributed by atoms with Crippen molar-refractivity contribution in [2.24, 2.45) is 0 Å². The molecule has 0 spiro atoms. The van der Waals surface area contributed by atoms with Crippen molar-refractivity contribution in [2.45, 2.75) is 32.4 Å². The zero-order chi connectivity index (χ0) is 11.5. The zero-order valence-corrected chi connectivity index (χ0v) is 10.3. The van der Waals surface area contributed by atoms with Crippen LogP contribution in [0, 0.1) is 0 Å². The van der Waals surface area contributed by atoms with Crippen molar-refractivity contribution >= 4 is 9.84 Å². The average Bonchev–Trinajstić information content (AvgIpc) is 2.38. The minimum atomic E-state index is -2.94. The van der Waals surface area contributed by atoms with E-state index in [9.17, 15) is 8.42 Å². The summed E-state index contributed by atoms with van der Waals surface area (Å²) in [6, 6.07) is -0.0569. The molecule has 0 fully saturated rings. The van der Waals surface area contributed by atoms with Crippen LogP contribution in [0.5, 0.6) is 0 Å². The van der Waals surface area contributed by atoms with Crippen molar-refractivity contribution in [1.29, 1.82) is 0 Å². The standard InChI is InChI=1S/C10H19NO3S/c1-10(2,3)14-6-5-11-9-4-7-15(12,13)8-9/h4,7,9,11H,5-6,8H2,1-3H3. The minimum absolute atomic E-state index is 0.0569. The van der Waals surface area contributed by atoms with E-state index >= 15 is 0 Å². The van der Waals surface area contributed by atoms with Crippen LogP contribution in [-0.2, 0) is 14.6 Å². The van der Waals surface area contributed by atoms with E-state index < -0.39 is 9.84 Å². The SMILES string of the molecule is CC(C)(C)OCCNC1C=CS(=O)(=O)C1. The van der Waals surface area contributed by atoms with Gasteiger partial charge in [-0.05, 0) is 20.8 Å². The maximum atomic E-state index is 11.1. The fourth-order valence-corrected chi connectivity index (χ4v) is 2.57. The Morgan fingerprint density at radius 1 is 1.47 bits per heavy atom. The molecule has 0 radical (unpaired) electrons. The molecule has 5 heteroatoms. The highest BCUT2D eigenvalue weighted by Gasteiger charge is 2.20. The number of rotatable bonds is 4. The topological polar surface area (TPSA) is 55.4 Å². The molecular formula is C10H19NO3S. The van der Waals surface area contributed by atoms with E-state index in [0.29, 0.717) is 13.2 Å². The van der Waals surface area contributed by atoms with Crippen molar-refractivity contribution in [3.8, 4) is 0 Å². The molecule has 1 aliphatic rings. The van der Waals surface area contributed by atoms with Crippen LogP contribution in [0.15, 0.2) is 11.5 Å². The Labute approximate surface area is 91.6 Å². The molecule has 0 amide bonds. The maximum Gasteiger partial charge on any atom is 0.173 e. The van der Waals surface area contributed by atoms with Gasteiger partial charge in [0.1, 0.15) is 0 Å². The van der Waals surface area contributed by atoms with E-state index in [1.807, 2.05) is 20.8 Å². The van der Waals surface area contributed by atoms with Gasteiger partial charge in [0, 0.05) is 18.0 Å². The summed E-state index contributed by atoms with van der Waals surface area (Å²) >= 11 is 0. The van der Waals surface area contributed by atoms with E-state index in [4.69, 9.17) is 4.74 Å². The van der Waals surface area contributed by atoms with E-state index in [2.05, 4.69) is 5.32 Å². The summed E-state index contributed by atoms with van der Waals surface area (Å²) < 4.78 is 27.7. The van der Waals surface area contributed by atoms with E-state index in [0.717, 1.165) is 0 Å². The lowest BCUT2D eigenvalue weighted by Crippen LogP contribution is -2.34. The van der Waals surface area contributed by atoms with Gasteiger partial charge in [-0.25, -0.2) is 8.42 Å². The third-order valence-electron chi connectivity index (χ3n) is 1.97. The van der Waals surface area contributed by atoms with Gasteiger partial charge in [-0.1, -0.05) is 6.08 Å². The van der Waals surface area contributed by atoms with Crippen molar-refractivity contribution in [1.82, 2.24) is 5.32 Å². The predicted octanol–water partition coefficient (Wildman–Crippen LogP) is 0.702. The molecule has 1 aliphatic heterocycles. The third kappa shape index (κ3) is 5.30. The highest BCUT2D eigenvalue weighted by molar-refractivity contribution is 7.94. The summed E-state index contributed by atoms with van der Waals surface area (Å²) in [5, 5.41) is 4.39. The first-order chi connectivity index (χ1) is 6.79. The summed E-state index contributed by atoms with van der Waals surface area (Å²) in [4.78, 5) is 0. The zero-order valence-electron chi connectivity index (χ0n) is 9.49. The molecule has 4 nitrogen and oxygen atoms in total. The second-order valence-corrected chi connectivity index (χ2v) is 6.61. The first-order valence-electron chi connectivity index (χ1n) is 5.07. The van der Waals surface area contributed by atoms with E-state index in [1.54, 1.807) is 6.08 Å². The molecule has 0 aromatic carbocycles. The Morgan fingerprint density at radius 2 is 2.13 bits per heavy atom. The molecule has 15 heavy (non-hydrogen) atoms. The lowest BCUT2D eigenvalue weighted by Gasteiger charge is -2.20. The molecule has 0 aliphatic carbocycles. The van der Waals surface area contributed by atoms with Crippen molar-refractivity contribution in [2.75, 3.05) is 18.9 Å². The van der Waals surface area contributed by atoms with Gasteiger partial charge < -0.3 is 10.1 Å². The van der Waals surface area contributed by atoms with Gasteiger partial charge in [0.25, 0.3) is 0 Å². The molecular weight excluding hydrogens is 214 g/mol. The third-order valence-corrected chi connectivity index (χ3v) is 3.37. The summed E-state index contributed by atoms with van der Waals surface area (Å²) in [5.41, 5.74) is -0.140. The quantitative estimate of drug-likeness (QED) is 0.726. The summed E-state index contributed by atoms with van der Waals surface area (Å²) in [6.07, 6.45) is 1.69. The van der Waals surface area contributed by atoms with Crippen molar-refractivity contribution in [3.63, 3.8) is 0 Å². The Bertz CT molecular complexity index is 327. The van der Waals surface area contributed by atoms with Gasteiger partial charge in [-0.15, -0.1) is 0 Å². The monoisotopic (exact) mass is 233 g/mol. The molecule has 0 bridgehead atoms. The molecule has 1 unspecified atom stereocenters. The highest BCUT2D eigenvalue weighted by atomic mass is 32.2. The molecule has 1 heterocycles. The molecule has 0 saturated heterocycles. The number of hydrogen-bond donors (Lipinski definition) is 1. The number of ether oxygens (including phenoxy) is 1. The lowest BCUT2D eigenvalue weighted by atomic mass is 10.2. The largest absolute Gasteiger partial charge is 0.375 e. The van der Waals surface area contributed by atoms with E-state index in [-0.39, 0.29) is 17.4 Å². The van der Waals surface area contributed by atoms with Crippen LogP contribution in [0.4, 0.5) is 0 Å². The summed E-state index contributed by atoms with van der Waals surface area (Å²) in [5.74, 6) is 0.169. The van der Waals surface area contributed by atoms with Gasteiger partial charge in [0.05, 0.1) is 18.0 Å². The first kappa shape index (κ1) is 12.7. The fourth-order valence-electron chi connectivity index (χ4n) is 1.30. The second-order valence-electron chi connectivity index (χ2n) is 4.68. The Kier molecular flexibility index (Phi) is 3.92. The highest BCUT2D eigenvalue weighted by Crippen LogP contribution is 2.08. The smallest absolute Gasteiger partial charge is 0.173 e. The van der Waals surface area contributed by atoms with Gasteiger partial charge in [0.2, 0.25) is 0 Å². The van der Waals surface area contributed by atoms with Crippen molar-refractivity contribution in [3.05, 3.63) is 11.5 Å². The maximum absolute atomic E-state index is 11.1. The lowest BCUT2D eigenvalue weighted by molar-refractivity contribution is -0.00109. The van der Waals surface area contributed by atoms with Gasteiger partial charge in [0.15, 0.2) is 9.84 Å². The van der Waals surface area contributed by atoms with Crippen LogP contribution in [-0.4, -0.2) is 39.0 Å². The Hall–Kier alpha value is -0.390. The average molecular weight is 233 g/mol. The second kappa shape index (κ2) is 4.63. The van der Waals surface area contributed by atoms with Gasteiger partial charge in [-0.2, -0.15) is 0 Å². The number of nitrogens with one attached hydrogen (secondary N) is 1. The summed E-state index contributed by atoms with van der Waals surface area (Å²) in [7, 11) is -2.94. The van der Waals surface area contributed by atoms with Crippen LogP contribution in [0.3, 0.4) is 0 Å². The molecule has 0 aromatic heterocycles. The number of hydrogen-bond acceptors (Lipinski definition) is 4. The molecule has 1 N–H and O–H groups in total. The van der Waals surface area contributed by atoms with Crippen LogP contribution in [0.1, 0.15) is 20.8 Å². The Morgan fingerprint density at radius 3 is 2.60 bits per heavy atom. The van der Waals surface area contributed by atoms with Crippen LogP contribution in [0.25, 0.3) is 0 Å². The van der Waals surface area contributed by atoms with Gasteiger partial charge in [-0.3, -0.25) is 0 Å². The van der Waals surface area contributed by atoms with Crippen LogP contribution < -0.4 is 5.32 Å². The van der Waals surface area contributed by atoms with Crippen LogP contribution in [0.2, 0.25) is 0 Å². The van der Waals surface area contributed by atoms with Crippen molar-refractivity contribution < 1.29 is 13.2 Å². The Balaban J connectivity index is 2.16. The summed E-state index contributed by atoms with van der Waals surface area (Å²) in [6.45, 7) is 7.24. The molecule has 0 saturated carbocycles. The predicted molar refractivity (Wildman–Crippen MR) is 60.4 cm³/mol. The molecule has 1 atom stereocenters. The van der Waals surface area contributed by atoms with E-state index in [1.165, 1.54) is 5.41 Å². The first-order valence-corrected chi connectivity index (χ1v) is 6.78. The molecule has 88 valence electrons. The normalized spacial score (nSPS) is 24.6. The molecule has 0 aromatic rings.